The number of rotatable bonds is 4. The Kier molecular flexibility index (Phi) is 4.39. The molecule has 0 aliphatic carbocycles. The lowest BCUT2D eigenvalue weighted by Crippen LogP contribution is -2.37. The first-order chi connectivity index (χ1) is 7.10. The average molecular weight is 274 g/mol. The van der Waals surface area contributed by atoms with E-state index in [1.165, 1.54) is 0 Å². The Bertz CT molecular complexity index is 335. The first kappa shape index (κ1) is 12.3. The van der Waals surface area contributed by atoms with Gasteiger partial charge in [-0.25, -0.2) is 0 Å². The minimum absolute atomic E-state index is 0.0439. The zero-order valence-electron chi connectivity index (χ0n) is 9.29. The molecule has 1 rings (SSSR count). The van der Waals surface area contributed by atoms with Gasteiger partial charge < -0.3 is 9.32 Å². The molecule has 1 heterocycles. The van der Waals surface area contributed by atoms with Crippen LogP contribution in [-0.4, -0.2) is 23.4 Å². The van der Waals surface area contributed by atoms with Crippen LogP contribution in [0, 0.1) is 0 Å². The van der Waals surface area contributed by atoms with E-state index in [9.17, 15) is 4.79 Å². The van der Waals surface area contributed by atoms with Crippen molar-refractivity contribution >= 4 is 21.8 Å². The van der Waals surface area contributed by atoms with Crippen molar-refractivity contribution in [3.8, 4) is 0 Å². The molecule has 0 N–H and O–H groups in total. The Morgan fingerprint density at radius 3 is 2.60 bits per heavy atom. The maximum atomic E-state index is 12.0. The molecular weight excluding hydrogens is 258 g/mol. The van der Waals surface area contributed by atoms with Crippen LogP contribution in [0.15, 0.2) is 21.2 Å². The monoisotopic (exact) mass is 273 g/mol. The zero-order valence-corrected chi connectivity index (χ0v) is 10.9. The predicted molar refractivity (Wildman–Crippen MR) is 62.9 cm³/mol. The van der Waals surface area contributed by atoms with Crippen LogP contribution in [0.25, 0.3) is 0 Å². The van der Waals surface area contributed by atoms with Gasteiger partial charge >= 0.3 is 0 Å². The molecule has 3 nitrogen and oxygen atoms in total. The fraction of sp³-hybridized carbons (Fsp3) is 0.545. The van der Waals surface area contributed by atoms with Gasteiger partial charge in [0.1, 0.15) is 0 Å². The van der Waals surface area contributed by atoms with Gasteiger partial charge in [0, 0.05) is 12.6 Å². The summed E-state index contributed by atoms with van der Waals surface area (Å²) < 4.78 is 5.84. The lowest BCUT2D eigenvalue weighted by atomic mass is 10.2. The van der Waals surface area contributed by atoms with E-state index >= 15 is 0 Å². The summed E-state index contributed by atoms with van der Waals surface area (Å²) in [6.07, 6.45) is 0.946. The van der Waals surface area contributed by atoms with Crippen LogP contribution in [0.2, 0.25) is 0 Å². The normalized spacial score (nSPS) is 12.5. The highest BCUT2D eigenvalue weighted by atomic mass is 79.9. The number of carbonyl (C=O) groups excluding carboxylic acids is 1. The average Bonchev–Trinajstić information content (AvgIpc) is 2.65. The SMILES string of the molecule is CCC(C)N(CC)C(=O)c1ccc(Br)o1. The summed E-state index contributed by atoms with van der Waals surface area (Å²) in [5.74, 6) is 0.349. The van der Waals surface area contributed by atoms with Crippen molar-refractivity contribution < 1.29 is 9.21 Å². The van der Waals surface area contributed by atoms with Gasteiger partial charge in [-0.15, -0.1) is 0 Å². The molecule has 0 aliphatic heterocycles. The number of amides is 1. The number of hydrogen-bond acceptors (Lipinski definition) is 2. The molecule has 0 radical (unpaired) electrons. The molecule has 0 saturated heterocycles. The van der Waals surface area contributed by atoms with Crippen molar-refractivity contribution in [2.45, 2.75) is 33.2 Å². The number of furan rings is 1. The lowest BCUT2D eigenvalue weighted by molar-refractivity contribution is 0.0666. The van der Waals surface area contributed by atoms with Crippen molar-refractivity contribution in [2.24, 2.45) is 0 Å². The van der Waals surface area contributed by atoms with Gasteiger partial charge in [-0.1, -0.05) is 6.92 Å². The highest BCUT2D eigenvalue weighted by Crippen LogP contribution is 2.17. The number of carbonyl (C=O) groups is 1. The summed E-state index contributed by atoms with van der Waals surface area (Å²) in [7, 11) is 0. The number of hydrogen-bond donors (Lipinski definition) is 0. The van der Waals surface area contributed by atoms with E-state index in [-0.39, 0.29) is 11.9 Å². The van der Waals surface area contributed by atoms with Gasteiger partial charge in [-0.05, 0) is 48.3 Å². The van der Waals surface area contributed by atoms with E-state index in [1.54, 1.807) is 12.1 Å². The largest absolute Gasteiger partial charge is 0.444 e. The Hall–Kier alpha value is -0.770. The smallest absolute Gasteiger partial charge is 0.289 e. The molecule has 84 valence electrons. The second kappa shape index (κ2) is 5.35. The summed E-state index contributed by atoms with van der Waals surface area (Å²) in [5, 5.41) is 0. The minimum atomic E-state index is -0.0439. The lowest BCUT2D eigenvalue weighted by Gasteiger charge is -2.26. The summed E-state index contributed by atoms with van der Waals surface area (Å²) in [6.45, 7) is 6.78. The molecule has 15 heavy (non-hydrogen) atoms. The van der Waals surface area contributed by atoms with Crippen LogP contribution in [0.1, 0.15) is 37.7 Å². The van der Waals surface area contributed by atoms with E-state index in [0.717, 1.165) is 6.42 Å². The second-order valence-corrected chi connectivity index (χ2v) is 4.23. The topological polar surface area (TPSA) is 33.5 Å². The number of halogens is 1. The highest BCUT2D eigenvalue weighted by Gasteiger charge is 2.21. The molecule has 1 aromatic rings. The fourth-order valence-electron chi connectivity index (χ4n) is 1.45. The summed E-state index contributed by atoms with van der Waals surface area (Å²) in [4.78, 5) is 13.8. The zero-order chi connectivity index (χ0) is 11.4. The third-order valence-corrected chi connectivity index (χ3v) is 2.93. The molecule has 0 spiro atoms. The molecule has 0 aromatic carbocycles. The van der Waals surface area contributed by atoms with E-state index in [2.05, 4.69) is 22.9 Å². The maximum Gasteiger partial charge on any atom is 0.289 e. The predicted octanol–water partition coefficient (Wildman–Crippen LogP) is 3.30. The van der Waals surface area contributed by atoms with E-state index in [1.807, 2.05) is 18.7 Å². The standard InChI is InChI=1S/C11H16BrNO2/c1-4-8(3)13(5-2)11(14)9-6-7-10(12)15-9/h6-8H,4-5H2,1-3H3. The molecule has 1 atom stereocenters. The first-order valence-electron chi connectivity index (χ1n) is 5.16. The van der Waals surface area contributed by atoms with Crippen LogP contribution >= 0.6 is 15.9 Å². The van der Waals surface area contributed by atoms with Gasteiger partial charge in [-0.3, -0.25) is 4.79 Å². The van der Waals surface area contributed by atoms with Crippen LogP contribution in [0.3, 0.4) is 0 Å². The van der Waals surface area contributed by atoms with Gasteiger partial charge in [0.05, 0.1) is 0 Å². The molecule has 1 aromatic heterocycles. The highest BCUT2D eigenvalue weighted by molar-refractivity contribution is 9.10. The van der Waals surface area contributed by atoms with E-state index < -0.39 is 0 Å². The Labute approximate surface area is 98.6 Å². The maximum absolute atomic E-state index is 12.0. The van der Waals surface area contributed by atoms with Crippen molar-refractivity contribution in [3.05, 3.63) is 22.6 Å². The molecule has 0 aliphatic rings. The summed E-state index contributed by atoms with van der Waals surface area (Å²) in [5.41, 5.74) is 0. The quantitative estimate of drug-likeness (QED) is 0.844. The van der Waals surface area contributed by atoms with Crippen molar-refractivity contribution in [1.82, 2.24) is 4.90 Å². The van der Waals surface area contributed by atoms with Crippen LogP contribution in [0.5, 0.6) is 0 Å². The Balaban J connectivity index is 2.82. The molecule has 0 fully saturated rings. The van der Waals surface area contributed by atoms with Gasteiger partial charge in [0.25, 0.3) is 5.91 Å². The molecule has 0 saturated carbocycles. The molecule has 1 unspecified atom stereocenters. The summed E-state index contributed by atoms with van der Waals surface area (Å²) in [6, 6.07) is 3.67. The van der Waals surface area contributed by atoms with Gasteiger partial charge in [-0.2, -0.15) is 0 Å². The second-order valence-electron chi connectivity index (χ2n) is 3.45. The third-order valence-electron chi connectivity index (χ3n) is 2.51. The minimum Gasteiger partial charge on any atom is -0.444 e. The third kappa shape index (κ3) is 2.84. The fourth-order valence-corrected chi connectivity index (χ4v) is 1.75. The molecule has 0 bridgehead atoms. The van der Waals surface area contributed by atoms with Crippen molar-refractivity contribution in [3.63, 3.8) is 0 Å². The molecule has 4 heteroatoms. The summed E-state index contributed by atoms with van der Waals surface area (Å²) >= 11 is 3.19. The van der Waals surface area contributed by atoms with E-state index in [0.29, 0.717) is 17.0 Å². The molecule has 1 amide bonds. The Morgan fingerprint density at radius 2 is 2.20 bits per heavy atom. The van der Waals surface area contributed by atoms with E-state index in [4.69, 9.17) is 4.42 Å². The van der Waals surface area contributed by atoms with Crippen molar-refractivity contribution in [1.29, 1.82) is 0 Å². The van der Waals surface area contributed by atoms with Crippen LogP contribution in [0.4, 0.5) is 0 Å². The number of nitrogens with zero attached hydrogens (tertiary/aromatic N) is 1. The Morgan fingerprint density at radius 1 is 1.53 bits per heavy atom. The van der Waals surface area contributed by atoms with Crippen molar-refractivity contribution in [2.75, 3.05) is 6.54 Å². The van der Waals surface area contributed by atoms with Gasteiger partial charge in [0.15, 0.2) is 10.4 Å². The molecular formula is C11H16BrNO2. The van der Waals surface area contributed by atoms with Crippen LogP contribution < -0.4 is 0 Å². The van der Waals surface area contributed by atoms with Gasteiger partial charge in [0.2, 0.25) is 0 Å². The van der Waals surface area contributed by atoms with Crippen LogP contribution in [-0.2, 0) is 0 Å². The first-order valence-corrected chi connectivity index (χ1v) is 5.95.